The predicted octanol–water partition coefficient (Wildman–Crippen LogP) is 1.38. The number of rotatable bonds is 5. The number of amides is 1. The van der Waals surface area contributed by atoms with Gasteiger partial charge in [0, 0.05) is 19.0 Å². The molecule has 2 saturated carbocycles. The Morgan fingerprint density at radius 3 is 2.63 bits per heavy atom. The lowest BCUT2D eigenvalue weighted by Crippen LogP contribution is -2.42. The topological polar surface area (TPSA) is 46.6 Å². The molecule has 1 heterocycles. The number of ether oxygens (including phenoxy) is 1. The molecule has 5 atom stereocenters. The summed E-state index contributed by atoms with van der Waals surface area (Å²) in [4.78, 5) is 26.3. The van der Waals surface area contributed by atoms with Crippen LogP contribution in [-0.4, -0.2) is 36.0 Å². The third-order valence-electron chi connectivity index (χ3n) is 4.78. The summed E-state index contributed by atoms with van der Waals surface area (Å²) in [5.74, 6) is 0.112. The van der Waals surface area contributed by atoms with E-state index in [1.807, 2.05) is 0 Å². The molecule has 0 spiro atoms. The van der Waals surface area contributed by atoms with Gasteiger partial charge in [0.05, 0.1) is 11.8 Å². The first-order valence-electron chi connectivity index (χ1n) is 6.88. The van der Waals surface area contributed by atoms with Crippen LogP contribution in [0.1, 0.15) is 12.8 Å². The first kappa shape index (κ1) is 12.5. The molecule has 3 aliphatic rings. The monoisotopic (exact) mass is 261 g/mol. The molecule has 3 fully saturated rings. The van der Waals surface area contributed by atoms with Crippen LogP contribution < -0.4 is 0 Å². The molecule has 0 N–H and O–H groups in total. The second kappa shape index (κ2) is 4.51. The van der Waals surface area contributed by atoms with Gasteiger partial charge in [0.15, 0.2) is 0 Å². The van der Waals surface area contributed by atoms with Crippen LogP contribution in [-0.2, 0) is 14.3 Å². The maximum absolute atomic E-state index is 12.7. The van der Waals surface area contributed by atoms with Crippen LogP contribution in [0.15, 0.2) is 25.3 Å². The van der Waals surface area contributed by atoms with Crippen molar-refractivity contribution in [3.63, 3.8) is 0 Å². The molecule has 2 aliphatic carbocycles. The summed E-state index contributed by atoms with van der Waals surface area (Å²) in [7, 11) is 0. The zero-order valence-electron chi connectivity index (χ0n) is 11.0. The van der Waals surface area contributed by atoms with E-state index in [1.165, 1.54) is 0 Å². The standard InChI is InChI=1S/C15H19NO3/c1-3-5-16(6-4-2)14(17)12-9-7-10-11(8-9)19-15(18)13(10)12/h3-4,9-13H,1-2,5-8H2/t9-,10-,11+,12+,13-/m0/s1. The third-order valence-corrected chi connectivity index (χ3v) is 4.78. The molecule has 0 aromatic rings. The highest BCUT2D eigenvalue weighted by atomic mass is 16.6. The molecule has 0 radical (unpaired) electrons. The van der Waals surface area contributed by atoms with Crippen molar-refractivity contribution < 1.29 is 14.3 Å². The third kappa shape index (κ3) is 1.73. The van der Waals surface area contributed by atoms with E-state index in [0.717, 1.165) is 12.8 Å². The second-order valence-corrected chi connectivity index (χ2v) is 5.74. The minimum atomic E-state index is -0.201. The van der Waals surface area contributed by atoms with Crippen molar-refractivity contribution >= 4 is 11.9 Å². The lowest BCUT2D eigenvalue weighted by molar-refractivity contribution is -0.148. The number of esters is 1. The average Bonchev–Trinajstić information content (AvgIpc) is 2.98. The summed E-state index contributed by atoms with van der Waals surface area (Å²) in [5.41, 5.74) is 0. The van der Waals surface area contributed by atoms with Crippen LogP contribution >= 0.6 is 0 Å². The zero-order chi connectivity index (χ0) is 13.6. The summed E-state index contributed by atoms with van der Waals surface area (Å²) < 4.78 is 5.37. The van der Waals surface area contributed by atoms with E-state index in [4.69, 9.17) is 4.74 Å². The van der Waals surface area contributed by atoms with E-state index in [2.05, 4.69) is 13.2 Å². The van der Waals surface area contributed by atoms with Crippen molar-refractivity contribution in [3.8, 4) is 0 Å². The Bertz CT molecular complexity index is 433. The molecule has 4 nitrogen and oxygen atoms in total. The van der Waals surface area contributed by atoms with Crippen molar-refractivity contribution in [3.05, 3.63) is 25.3 Å². The molecule has 102 valence electrons. The van der Waals surface area contributed by atoms with Gasteiger partial charge < -0.3 is 9.64 Å². The average molecular weight is 261 g/mol. The molecule has 19 heavy (non-hydrogen) atoms. The molecule has 0 aromatic carbocycles. The van der Waals surface area contributed by atoms with E-state index < -0.39 is 0 Å². The Hall–Kier alpha value is -1.58. The van der Waals surface area contributed by atoms with Gasteiger partial charge in [0.1, 0.15) is 6.10 Å². The van der Waals surface area contributed by atoms with Gasteiger partial charge >= 0.3 is 5.97 Å². The first-order chi connectivity index (χ1) is 9.17. The smallest absolute Gasteiger partial charge is 0.310 e. The molecular weight excluding hydrogens is 242 g/mol. The maximum atomic E-state index is 12.7. The Morgan fingerprint density at radius 2 is 2.00 bits per heavy atom. The van der Waals surface area contributed by atoms with Crippen LogP contribution in [0.25, 0.3) is 0 Å². The summed E-state index contributed by atoms with van der Waals surface area (Å²) in [5, 5.41) is 0. The van der Waals surface area contributed by atoms with Crippen LogP contribution in [0.3, 0.4) is 0 Å². The normalized spacial score (nSPS) is 38.1. The molecule has 3 rings (SSSR count). The molecule has 1 aliphatic heterocycles. The fourth-order valence-corrected chi connectivity index (χ4v) is 4.12. The number of carbonyl (C=O) groups is 2. The fraction of sp³-hybridized carbons (Fsp3) is 0.600. The van der Waals surface area contributed by atoms with Crippen molar-refractivity contribution in [2.45, 2.75) is 18.9 Å². The van der Waals surface area contributed by atoms with Gasteiger partial charge in [0.2, 0.25) is 5.91 Å². The molecule has 1 amide bonds. The van der Waals surface area contributed by atoms with Crippen molar-refractivity contribution in [2.75, 3.05) is 13.1 Å². The van der Waals surface area contributed by atoms with Crippen molar-refractivity contribution in [2.24, 2.45) is 23.7 Å². The van der Waals surface area contributed by atoms with Crippen LogP contribution in [0.2, 0.25) is 0 Å². The minimum absolute atomic E-state index is 0.0644. The van der Waals surface area contributed by atoms with E-state index in [1.54, 1.807) is 17.1 Å². The maximum Gasteiger partial charge on any atom is 0.310 e. The van der Waals surface area contributed by atoms with Gasteiger partial charge in [-0.2, -0.15) is 0 Å². The largest absolute Gasteiger partial charge is 0.462 e. The van der Waals surface area contributed by atoms with Gasteiger partial charge in [-0.3, -0.25) is 9.59 Å². The Balaban J connectivity index is 1.81. The van der Waals surface area contributed by atoms with Gasteiger partial charge in [-0.25, -0.2) is 0 Å². The minimum Gasteiger partial charge on any atom is -0.462 e. The first-order valence-corrected chi connectivity index (χ1v) is 6.88. The van der Waals surface area contributed by atoms with Gasteiger partial charge in [0.25, 0.3) is 0 Å². The summed E-state index contributed by atoms with van der Waals surface area (Å²) in [6, 6.07) is 0. The lowest BCUT2D eigenvalue weighted by Gasteiger charge is -2.29. The SMILES string of the molecule is C=CCN(CC=C)C(=O)[C@@H]1[C@H]2C[C@@H]3[C@@H]1C(=O)O[C@@H]3C2. The van der Waals surface area contributed by atoms with E-state index in [9.17, 15) is 9.59 Å². The summed E-state index contributed by atoms with van der Waals surface area (Å²) >= 11 is 0. The Kier molecular flexibility index (Phi) is 2.96. The quantitative estimate of drug-likeness (QED) is 0.555. The highest BCUT2D eigenvalue weighted by Crippen LogP contribution is 2.58. The number of hydrogen-bond acceptors (Lipinski definition) is 3. The van der Waals surface area contributed by atoms with Crippen molar-refractivity contribution in [1.29, 1.82) is 0 Å². The Morgan fingerprint density at radius 1 is 1.32 bits per heavy atom. The summed E-state index contributed by atoms with van der Waals surface area (Å²) in [6.07, 6.45) is 5.33. The van der Waals surface area contributed by atoms with Gasteiger partial charge in [-0.05, 0) is 18.8 Å². The van der Waals surface area contributed by atoms with E-state index in [-0.39, 0.29) is 35.7 Å². The lowest BCUT2D eigenvalue weighted by atomic mass is 9.79. The molecule has 1 saturated heterocycles. The number of hydrogen-bond donors (Lipinski definition) is 0. The second-order valence-electron chi connectivity index (χ2n) is 5.74. The zero-order valence-corrected chi connectivity index (χ0v) is 11.0. The highest BCUT2D eigenvalue weighted by Gasteiger charge is 2.64. The van der Waals surface area contributed by atoms with Crippen LogP contribution in [0.5, 0.6) is 0 Å². The molecule has 4 heteroatoms. The van der Waals surface area contributed by atoms with Crippen LogP contribution in [0.4, 0.5) is 0 Å². The van der Waals surface area contributed by atoms with E-state index in [0.29, 0.717) is 19.0 Å². The number of fused-ring (bicyclic) bond motifs is 1. The van der Waals surface area contributed by atoms with Crippen LogP contribution in [0, 0.1) is 23.7 Å². The van der Waals surface area contributed by atoms with Gasteiger partial charge in [-0.15, -0.1) is 13.2 Å². The fourth-order valence-electron chi connectivity index (χ4n) is 4.12. The van der Waals surface area contributed by atoms with Gasteiger partial charge in [-0.1, -0.05) is 12.2 Å². The van der Waals surface area contributed by atoms with Crippen molar-refractivity contribution in [1.82, 2.24) is 4.90 Å². The molecule has 0 aromatic heterocycles. The number of carbonyl (C=O) groups excluding carboxylic acids is 2. The molecule has 0 unspecified atom stereocenters. The molecular formula is C15H19NO3. The predicted molar refractivity (Wildman–Crippen MR) is 70.0 cm³/mol. The Labute approximate surface area is 113 Å². The van der Waals surface area contributed by atoms with E-state index >= 15 is 0 Å². The number of nitrogens with zero attached hydrogens (tertiary/aromatic N) is 1. The highest BCUT2D eigenvalue weighted by molar-refractivity contribution is 5.88. The molecule has 2 bridgehead atoms. The summed E-state index contributed by atoms with van der Waals surface area (Å²) in [6.45, 7) is 8.37.